The predicted molar refractivity (Wildman–Crippen MR) is 93.5 cm³/mol. The van der Waals surface area contributed by atoms with Gasteiger partial charge in [0.15, 0.2) is 26.4 Å². The first kappa shape index (κ1) is 18.6. The number of benzene rings is 1. The lowest BCUT2D eigenvalue weighted by atomic mass is 10.3. The number of amides is 1. The van der Waals surface area contributed by atoms with Crippen molar-refractivity contribution in [3.8, 4) is 5.69 Å². The van der Waals surface area contributed by atoms with Crippen molar-refractivity contribution in [1.29, 1.82) is 0 Å². The molecule has 140 valence electrons. The number of pyridine rings is 1. The summed E-state index contributed by atoms with van der Waals surface area (Å²) < 4.78 is 51.0. The Morgan fingerprint density at radius 2 is 1.89 bits per heavy atom. The second-order valence-electron chi connectivity index (χ2n) is 5.79. The fourth-order valence-corrected chi connectivity index (χ4v) is 2.91. The van der Waals surface area contributed by atoms with E-state index >= 15 is 0 Å². The number of nitrogens with zero attached hydrogens (tertiary/aromatic N) is 3. The maximum atomic E-state index is 13.9. The molecule has 0 fully saturated rings. The summed E-state index contributed by atoms with van der Waals surface area (Å²) in [6.07, 6.45) is 2.23. The highest BCUT2D eigenvalue weighted by molar-refractivity contribution is 7.90. The van der Waals surface area contributed by atoms with Crippen LogP contribution in [0.2, 0.25) is 0 Å². The maximum absolute atomic E-state index is 13.9. The number of hydrogen-bond acceptors (Lipinski definition) is 5. The fourth-order valence-electron chi connectivity index (χ4n) is 2.35. The number of aromatic nitrogens is 3. The quantitative estimate of drug-likeness (QED) is 0.736. The van der Waals surface area contributed by atoms with Crippen LogP contribution in [0.3, 0.4) is 0 Å². The molecule has 27 heavy (non-hydrogen) atoms. The first-order valence-electron chi connectivity index (χ1n) is 7.65. The zero-order chi connectivity index (χ0) is 19.8. The molecule has 3 aromatic rings. The summed E-state index contributed by atoms with van der Waals surface area (Å²) in [4.78, 5) is 16.1. The number of anilines is 1. The molecule has 0 spiro atoms. The van der Waals surface area contributed by atoms with Gasteiger partial charge >= 0.3 is 0 Å². The van der Waals surface area contributed by atoms with Crippen LogP contribution in [0.1, 0.15) is 16.2 Å². The standard InChI is InChI=1S/C17H14F2N4O3S/c1-10-7-14(22-23(10)15-5-3-11(18)8-13(15)19)17(24)21-12-4-6-16(20-9-12)27(2,25)26/h3-9H,1-2H3,(H,21,24). The van der Waals surface area contributed by atoms with E-state index in [4.69, 9.17) is 0 Å². The van der Waals surface area contributed by atoms with Crippen molar-refractivity contribution in [2.75, 3.05) is 11.6 Å². The van der Waals surface area contributed by atoms with Crippen molar-refractivity contribution < 1.29 is 22.0 Å². The van der Waals surface area contributed by atoms with E-state index in [-0.39, 0.29) is 22.1 Å². The molecule has 1 amide bonds. The number of nitrogens with one attached hydrogen (secondary N) is 1. The van der Waals surface area contributed by atoms with Crippen molar-refractivity contribution in [3.63, 3.8) is 0 Å². The minimum atomic E-state index is -3.44. The second kappa shape index (κ2) is 6.88. The molecule has 0 saturated heterocycles. The van der Waals surface area contributed by atoms with Gasteiger partial charge in [0.05, 0.1) is 11.9 Å². The highest BCUT2D eigenvalue weighted by Gasteiger charge is 2.16. The Morgan fingerprint density at radius 3 is 2.48 bits per heavy atom. The van der Waals surface area contributed by atoms with Gasteiger partial charge in [-0.15, -0.1) is 0 Å². The van der Waals surface area contributed by atoms with Crippen molar-refractivity contribution in [2.24, 2.45) is 0 Å². The Hall–Kier alpha value is -3.14. The monoisotopic (exact) mass is 392 g/mol. The largest absolute Gasteiger partial charge is 0.319 e. The molecule has 0 aliphatic carbocycles. The number of hydrogen-bond donors (Lipinski definition) is 1. The average molecular weight is 392 g/mol. The Kier molecular flexibility index (Phi) is 4.75. The normalized spacial score (nSPS) is 11.4. The molecule has 1 aromatic carbocycles. The Balaban J connectivity index is 1.84. The maximum Gasteiger partial charge on any atom is 0.276 e. The third-order valence-corrected chi connectivity index (χ3v) is 4.63. The summed E-state index contributed by atoms with van der Waals surface area (Å²) in [5, 5.41) is 6.46. The zero-order valence-electron chi connectivity index (χ0n) is 14.3. The van der Waals surface area contributed by atoms with Crippen molar-refractivity contribution in [3.05, 3.63) is 65.6 Å². The lowest BCUT2D eigenvalue weighted by molar-refractivity contribution is 0.102. The van der Waals surface area contributed by atoms with E-state index in [9.17, 15) is 22.0 Å². The van der Waals surface area contributed by atoms with Gasteiger partial charge in [-0.1, -0.05) is 0 Å². The van der Waals surface area contributed by atoms with Crippen LogP contribution in [0.5, 0.6) is 0 Å². The number of carbonyl (C=O) groups is 1. The summed E-state index contributed by atoms with van der Waals surface area (Å²) in [5.74, 6) is -2.12. The first-order valence-corrected chi connectivity index (χ1v) is 9.54. The molecule has 0 bridgehead atoms. The average Bonchev–Trinajstić information content (AvgIpc) is 2.96. The van der Waals surface area contributed by atoms with Crippen LogP contribution in [-0.2, 0) is 9.84 Å². The Labute approximate surface area is 153 Å². The molecule has 0 radical (unpaired) electrons. The Bertz CT molecular complexity index is 1130. The van der Waals surface area contributed by atoms with Gasteiger partial charge in [-0.25, -0.2) is 26.9 Å². The highest BCUT2D eigenvalue weighted by atomic mass is 32.2. The van der Waals surface area contributed by atoms with Gasteiger partial charge in [0.25, 0.3) is 5.91 Å². The number of sulfone groups is 1. The molecule has 2 heterocycles. The van der Waals surface area contributed by atoms with Crippen LogP contribution >= 0.6 is 0 Å². The Morgan fingerprint density at radius 1 is 1.15 bits per heavy atom. The molecule has 0 atom stereocenters. The number of halogens is 2. The number of carbonyl (C=O) groups excluding carboxylic acids is 1. The molecule has 1 N–H and O–H groups in total. The zero-order valence-corrected chi connectivity index (χ0v) is 15.1. The lowest BCUT2D eigenvalue weighted by Crippen LogP contribution is -2.14. The molecule has 0 unspecified atom stereocenters. The van der Waals surface area contributed by atoms with Gasteiger partial charge in [0.2, 0.25) is 0 Å². The third kappa shape index (κ3) is 4.00. The van der Waals surface area contributed by atoms with E-state index < -0.39 is 27.4 Å². The van der Waals surface area contributed by atoms with E-state index in [1.165, 1.54) is 35.1 Å². The van der Waals surface area contributed by atoms with Crippen LogP contribution in [0.25, 0.3) is 5.69 Å². The molecule has 2 aromatic heterocycles. The van der Waals surface area contributed by atoms with Crippen molar-refractivity contribution in [1.82, 2.24) is 14.8 Å². The SMILES string of the molecule is Cc1cc(C(=O)Nc2ccc(S(C)(=O)=O)nc2)nn1-c1ccc(F)cc1F. The van der Waals surface area contributed by atoms with Crippen molar-refractivity contribution >= 4 is 21.4 Å². The molecule has 0 saturated carbocycles. The number of rotatable bonds is 4. The van der Waals surface area contributed by atoms with Gasteiger partial charge in [-0.05, 0) is 37.3 Å². The van der Waals surface area contributed by atoms with Crippen LogP contribution in [0, 0.1) is 18.6 Å². The fraction of sp³-hybridized carbons (Fsp3) is 0.118. The molecule has 10 heteroatoms. The van der Waals surface area contributed by atoms with Gasteiger partial charge in [-0.2, -0.15) is 5.10 Å². The second-order valence-corrected chi connectivity index (χ2v) is 7.75. The van der Waals surface area contributed by atoms with Crippen molar-refractivity contribution in [2.45, 2.75) is 11.9 Å². The van der Waals surface area contributed by atoms with Gasteiger partial charge < -0.3 is 5.32 Å². The smallest absolute Gasteiger partial charge is 0.276 e. The summed E-state index contributed by atoms with van der Waals surface area (Å²) in [6.45, 7) is 1.62. The lowest BCUT2D eigenvalue weighted by Gasteiger charge is -2.06. The topological polar surface area (TPSA) is 93.9 Å². The molecular weight excluding hydrogens is 378 g/mol. The summed E-state index contributed by atoms with van der Waals surface area (Å²) in [6, 6.07) is 7.14. The first-order chi connectivity index (χ1) is 12.6. The van der Waals surface area contributed by atoms with E-state index in [1.54, 1.807) is 6.92 Å². The summed E-state index contributed by atoms with van der Waals surface area (Å²) in [5.41, 5.74) is 0.749. The molecule has 0 aliphatic rings. The van der Waals surface area contributed by atoms with Gasteiger partial charge in [0.1, 0.15) is 11.5 Å². The van der Waals surface area contributed by atoms with Gasteiger partial charge in [-0.3, -0.25) is 4.79 Å². The molecular formula is C17H14F2N4O3S. The predicted octanol–water partition coefficient (Wildman–Crippen LogP) is 2.51. The molecule has 7 nitrogen and oxygen atoms in total. The summed E-state index contributed by atoms with van der Waals surface area (Å²) >= 11 is 0. The van der Waals surface area contributed by atoms with E-state index in [0.29, 0.717) is 5.69 Å². The van der Waals surface area contributed by atoms with Gasteiger partial charge in [0, 0.05) is 18.0 Å². The molecule has 3 rings (SSSR count). The number of aryl methyl sites for hydroxylation is 1. The third-order valence-electron chi connectivity index (χ3n) is 3.63. The summed E-state index contributed by atoms with van der Waals surface area (Å²) in [7, 11) is -3.44. The van der Waals surface area contributed by atoms with Crippen LogP contribution in [0.4, 0.5) is 14.5 Å². The van der Waals surface area contributed by atoms with E-state index in [0.717, 1.165) is 18.4 Å². The van der Waals surface area contributed by atoms with E-state index in [1.807, 2.05) is 0 Å². The molecule has 0 aliphatic heterocycles. The highest BCUT2D eigenvalue weighted by Crippen LogP contribution is 2.18. The van der Waals surface area contributed by atoms with Crippen LogP contribution in [-0.4, -0.2) is 35.3 Å². The minimum Gasteiger partial charge on any atom is -0.319 e. The van der Waals surface area contributed by atoms with E-state index in [2.05, 4.69) is 15.4 Å². The van der Waals surface area contributed by atoms with Crippen LogP contribution in [0.15, 0.2) is 47.6 Å². The minimum absolute atomic E-state index is 0.00316. The van der Waals surface area contributed by atoms with Crippen LogP contribution < -0.4 is 5.32 Å².